The minimum absolute atomic E-state index is 0.0781. The number of aromatic nitrogens is 2. The second kappa shape index (κ2) is 10.0. The number of imidazole rings is 1. The Morgan fingerprint density at radius 2 is 1.97 bits per heavy atom. The summed E-state index contributed by atoms with van der Waals surface area (Å²) in [7, 11) is 0. The second-order valence-electron chi connectivity index (χ2n) is 7.66. The molecule has 1 aliphatic heterocycles. The van der Waals surface area contributed by atoms with Crippen molar-refractivity contribution in [1.82, 2.24) is 14.5 Å². The van der Waals surface area contributed by atoms with E-state index < -0.39 is 17.7 Å². The van der Waals surface area contributed by atoms with Crippen LogP contribution in [0, 0.1) is 0 Å². The Morgan fingerprint density at radius 3 is 2.70 bits per heavy atom. The lowest BCUT2D eigenvalue weighted by Crippen LogP contribution is -2.31. The molecule has 0 aliphatic carbocycles. The summed E-state index contributed by atoms with van der Waals surface area (Å²) in [6, 6.07) is 13.6. The quantitative estimate of drug-likeness (QED) is 0.273. The zero-order chi connectivity index (χ0) is 23.4. The van der Waals surface area contributed by atoms with E-state index in [9.17, 15) is 14.7 Å². The number of rotatable bonds is 8. The van der Waals surface area contributed by atoms with E-state index in [-0.39, 0.29) is 11.3 Å². The van der Waals surface area contributed by atoms with Crippen molar-refractivity contribution in [2.75, 3.05) is 13.2 Å². The highest BCUT2D eigenvalue weighted by Gasteiger charge is 2.45. The van der Waals surface area contributed by atoms with Crippen molar-refractivity contribution in [3.05, 3.63) is 88.4 Å². The first-order valence-corrected chi connectivity index (χ1v) is 11.5. The van der Waals surface area contributed by atoms with E-state index in [0.717, 1.165) is 10.0 Å². The summed E-state index contributed by atoms with van der Waals surface area (Å²) in [5.74, 6) is -0.942. The normalized spacial score (nSPS) is 17.5. The molecule has 1 saturated heterocycles. The standard InChI is InChI=1S/C25H24BrN3O4/c1-2-33-20-9-4-7-18(15-20)23(30)21-22(17-6-3-8-19(26)14-17)29(25(32)24(21)31)12-5-11-28-13-10-27-16-28/h3-4,6-10,13-16,22,30H,2,5,11-12H2,1H3. The average molecular weight is 510 g/mol. The van der Waals surface area contributed by atoms with E-state index in [1.54, 1.807) is 41.7 Å². The lowest BCUT2D eigenvalue weighted by atomic mass is 9.95. The van der Waals surface area contributed by atoms with Crippen molar-refractivity contribution in [2.45, 2.75) is 25.9 Å². The number of likely N-dealkylation sites (tertiary alicyclic amines) is 1. The Hall–Kier alpha value is -3.39. The molecule has 3 aromatic rings. The molecule has 170 valence electrons. The van der Waals surface area contributed by atoms with Crippen molar-refractivity contribution in [1.29, 1.82) is 0 Å². The van der Waals surface area contributed by atoms with Gasteiger partial charge in [-0.1, -0.05) is 40.2 Å². The van der Waals surface area contributed by atoms with Crippen LogP contribution in [-0.4, -0.2) is 44.4 Å². The molecule has 7 nitrogen and oxygen atoms in total. The van der Waals surface area contributed by atoms with Crippen molar-refractivity contribution in [2.24, 2.45) is 0 Å². The summed E-state index contributed by atoms with van der Waals surface area (Å²) in [4.78, 5) is 31.8. The number of aliphatic hydroxyl groups is 1. The zero-order valence-electron chi connectivity index (χ0n) is 18.1. The largest absolute Gasteiger partial charge is 0.507 e. The number of halogens is 1. The van der Waals surface area contributed by atoms with Gasteiger partial charge >= 0.3 is 0 Å². The maximum absolute atomic E-state index is 13.1. The van der Waals surface area contributed by atoms with Gasteiger partial charge in [0.25, 0.3) is 11.7 Å². The molecule has 1 aliphatic rings. The minimum Gasteiger partial charge on any atom is -0.507 e. The molecule has 4 rings (SSSR count). The van der Waals surface area contributed by atoms with Crippen LogP contribution < -0.4 is 4.74 Å². The van der Waals surface area contributed by atoms with E-state index in [0.29, 0.717) is 37.4 Å². The number of ether oxygens (including phenoxy) is 1. The third kappa shape index (κ3) is 4.85. The highest BCUT2D eigenvalue weighted by atomic mass is 79.9. The maximum atomic E-state index is 13.1. The molecule has 0 spiro atoms. The Bertz CT molecular complexity index is 1190. The number of ketones is 1. The van der Waals surface area contributed by atoms with E-state index in [1.807, 2.05) is 42.0 Å². The number of hydrogen-bond donors (Lipinski definition) is 1. The van der Waals surface area contributed by atoms with E-state index in [4.69, 9.17) is 4.74 Å². The number of aliphatic hydroxyl groups excluding tert-OH is 1. The van der Waals surface area contributed by atoms with Crippen LogP contribution in [0.5, 0.6) is 5.75 Å². The van der Waals surface area contributed by atoms with Gasteiger partial charge in [0.1, 0.15) is 11.5 Å². The summed E-state index contributed by atoms with van der Waals surface area (Å²) in [5.41, 5.74) is 1.25. The monoisotopic (exact) mass is 509 g/mol. The molecule has 1 unspecified atom stereocenters. The third-order valence-electron chi connectivity index (χ3n) is 5.50. The van der Waals surface area contributed by atoms with Gasteiger partial charge in [-0.3, -0.25) is 9.59 Å². The van der Waals surface area contributed by atoms with Gasteiger partial charge < -0.3 is 19.3 Å². The number of amides is 1. The fourth-order valence-corrected chi connectivity index (χ4v) is 4.45. The summed E-state index contributed by atoms with van der Waals surface area (Å²) in [5, 5.41) is 11.2. The number of carbonyl (C=O) groups excluding carboxylic acids is 2. The molecular formula is C25H24BrN3O4. The number of benzene rings is 2. The van der Waals surface area contributed by atoms with Crippen molar-refractivity contribution < 1.29 is 19.4 Å². The topological polar surface area (TPSA) is 84.7 Å². The van der Waals surface area contributed by atoms with E-state index in [1.165, 1.54) is 0 Å². The molecule has 1 amide bonds. The van der Waals surface area contributed by atoms with Gasteiger partial charge in [-0.2, -0.15) is 0 Å². The summed E-state index contributed by atoms with van der Waals surface area (Å²) in [6.07, 6.45) is 5.90. The van der Waals surface area contributed by atoms with Gasteiger partial charge in [-0.15, -0.1) is 0 Å². The number of aryl methyl sites for hydroxylation is 1. The molecule has 1 aromatic heterocycles. The average Bonchev–Trinajstić information content (AvgIpc) is 3.41. The van der Waals surface area contributed by atoms with E-state index in [2.05, 4.69) is 20.9 Å². The van der Waals surface area contributed by atoms with Crippen LogP contribution in [0.1, 0.15) is 30.5 Å². The SMILES string of the molecule is CCOc1cccc(C(O)=C2C(=O)C(=O)N(CCCn3ccnc3)C2c2cccc(Br)c2)c1. The fourth-order valence-electron chi connectivity index (χ4n) is 4.03. The predicted molar refractivity (Wildman–Crippen MR) is 128 cm³/mol. The molecule has 2 heterocycles. The van der Waals surface area contributed by atoms with Crippen molar-refractivity contribution in [3.63, 3.8) is 0 Å². The van der Waals surface area contributed by atoms with Gasteiger partial charge in [0, 0.05) is 35.5 Å². The molecule has 8 heteroatoms. The van der Waals surface area contributed by atoms with Crippen molar-refractivity contribution in [3.8, 4) is 5.75 Å². The first kappa shape index (κ1) is 22.8. The Balaban J connectivity index is 1.74. The Morgan fingerprint density at radius 1 is 1.15 bits per heavy atom. The molecule has 33 heavy (non-hydrogen) atoms. The maximum Gasteiger partial charge on any atom is 0.295 e. The van der Waals surface area contributed by atoms with Crippen LogP contribution in [0.4, 0.5) is 0 Å². The van der Waals surface area contributed by atoms with Crippen LogP contribution >= 0.6 is 15.9 Å². The van der Waals surface area contributed by atoms with Gasteiger partial charge in [0.05, 0.1) is 24.5 Å². The first-order valence-electron chi connectivity index (χ1n) is 10.7. The summed E-state index contributed by atoms with van der Waals surface area (Å²) < 4.78 is 8.28. The molecule has 0 radical (unpaired) electrons. The van der Waals surface area contributed by atoms with Crippen LogP contribution in [-0.2, 0) is 16.1 Å². The number of carbonyl (C=O) groups is 2. The number of Topliss-reactive ketones (excluding diaryl/α,β-unsaturated/α-hetero) is 1. The van der Waals surface area contributed by atoms with Gasteiger partial charge in [0.15, 0.2) is 0 Å². The highest BCUT2D eigenvalue weighted by molar-refractivity contribution is 9.10. The molecule has 0 saturated carbocycles. The molecular weight excluding hydrogens is 486 g/mol. The Kier molecular flexibility index (Phi) is 6.93. The first-order chi connectivity index (χ1) is 16.0. The molecule has 0 bridgehead atoms. The molecule has 1 N–H and O–H groups in total. The van der Waals surface area contributed by atoms with Gasteiger partial charge in [0.2, 0.25) is 0 Å². The van der Waals surface area contributed by atoms with Crippen LogP contribution in [0.2, 0.25) is 0 Å². The van der Waals surface area contributed by atoms with Crippen molar-refractivity contribution >= 4 is 33.4 Å². The molecule has 1 atom stereocenters. The lowest BCUT2D eigenvalue weighted by molar-refractivity contribution is -0.139. The smallest absolute Gasteiger partial charge is 0.295 e. The minimum atomic E-state index is -0.693. The van der Waals surface area contributed by atoms with Gasteiger partial charge in [-0.05, 0) is 43.2 Å². The second-order valence-corrected chi connectivity index (χ2v) is 8.58. The Labute approximate surface area is 200 Å². The summed E-state index contributed by atoms with van der Waals surface area (Å²) >= 11 is 3.47. The van der Waals surface area contributed by atoms with E-state index >= 15 is 0 Å². The molecule has 2 aromatic carbocycles. The summed E-state index contributed by atoms with van der Waals surface area (Å²) in [6.45, 7) is 3.36. The van der Waals surface area contributed by atoms with Crippen LogP contribution in [0.25, 0.3) is 5.76 Å². The lowest BCUT2D eigenvalue weighted by Gasteiger charge is -2.25. The number of nitrogens with zero attached hydrogens (tertiary/aromatic N) is 3. The van der Waals surface area contributed by atoms with Crippen LogP contribution in [0.15, 0.2) is 77.3 Å². The predicted octanol–water partition coefficient (Wildman–Crippen LogP) is 4.56. The van der Waals surface area contributed by atoms with Gasteiger partial charge in [-0.25, -0.2) is 4.98 Å². The molecule has 1 fully saturated rings. The fraction of sp³-hybridized carbons (Fsp3) is 0.240. The zero-order valence-corrected chi connectivity index (χ0v) is 19.7. The third-order valence-corrected chi connectivity index (χ3v) is 5.99. The highest BCUT2D eigenvalue weighted by Crippen LogP contribution is 2.40. The number of hydrogen-bond acceptors (Lipinski definition) is 5. The van der Waals surface area contributed by atoms with Crippen LogP contribution in [0.3, 0.4) is 0 Å².